The Morgan fingerprint density at radius 3 is 2.81 bits per heavy atom. The van der Waals surface area contributed by atoms with E-state index in [9.17, 15) is 19.5 Å². The van der Waals surface area contributed by atoms with Gasteiger partial charge >= 0.3 is 11.1 Å². The number of thioether (sulfide) groups is 2. The number of carboxylic acid groups (broad SMARTS) is 1. The van der Waals surface area contributed by atoms with Crippen LogP contribution in [-0.4, -0.2) is 80.0 Å². The highest BCUT2D eigenvalue weighted by Crippen LogP contribution is 2.44. The molecule has 0 aliphatic carbocycles. The van der Waals surface area contributed by atoms with Crippen molar-refractivity contribution in [3.63, 3.8) is 0 Å². The van der Waals surface area contributed by atoms with Crippen molar-refractivity contribution in [2.75, 3.05) is 48.2 Å². The number of carbonyl (C=O) groups excluding carboxylic acids is 2. The van der Waals surface area contributed by atoms with E-state index in [0.717, 1.165) is 23.1 Å². The number of carbonyl (C=O) groups is 3. The van der Waals surface area contributed by atoms with Crippen molar-refractivity contribution in [1.29, 1.82) is 0 Å². The molecule has 2 saturated heterocycles. The number of aromatic nitrogens is 3. The van der Waals surface area contributed by atoms with Gasteiger partial charge in [-0.1, -0.05) is 5.16 Å². The third kappa shape index (κ3) is 4.65. The van der Waals surface area contributed by atoms with Crippen molar-refractivity contribution in [1.82, 2.24) is 20.2 Å². The first kappa shape index (κ1) is 25.6. The van der Waals surface area contributed by atoms with Crippen molar-refractivity contribution in [3.8, 4) is 0 Å². The first-order valence-corrected chi connectivity index (χ1v) is 13.1. The number of nitrogens with one attached hydrogen (secondary N) is 1. The highest BCUT2D eigenvalue weighted by Gasteiger charge is 2.57. The molecule has 0 bridgehead atoms. The Hall–Kier alpha value is -3.51. The maximum absolute atomic E-state index is 12.9. The number of fused-ring (bicyclic) bond motifs is 1. The summed E-state index contributed by atoms with van der Waals surface area (Å²) in [5, 5.41) is 18.0. The summed E-state index contributed by atoms with van der Waals surface area (Å²) in [5.74, 6) is 4.08. The van der Waals surface area contributed by atoms with Crippen molar-refractivity contribution >= 4 is 75.0 Å². The van der Waals surface area contributed by atoms with Crippen LogP contribution in [0.1, 0.15) is 5.69 Å². The highest BCUT2D eigenvalue weighted by atomic mass is 32.2. The standard InChI is InChI=1S/C18H22N10O5S3/c1-33-26-9(8-3-34-16(21)23-8)12(29)24-10-13(30)27-4-18(15(31)32,5-35-14(10)27)6-36-17-25-11(20)7(19)2-28(17)22/h2-3,10,14,20H,4-6,19,22H2,1H3,(H4,21,23,24,29,31,32)/p+1/t10?,14-,18?/m1/s1. The van der Waals surface area contributed by atoms with Crippen LogP contribution in [0.2, 0.25) is 0 Å². The van der Waals surface area contributed by atoms with Crippen LogP contribution in [0.3, 0.4) is 0 Å². The number of hydrogen-bond acceptors (Lipinski definition) is 14. The second-order valence-electron chi connectivity index (χ2n) is 7.96. The summed E-state index contributed by atoms with van der Waals surface area (Å²) >= 11 is 3.48. The fourth-order valence-corrected chi connectivity index (χ4v) is 6.92. The molecule has 2 unspecified atom stereocenters. The summed E-state index contributed by atoms with van der Waals surface area (Å²) < 4.78 is 1.17. The predicted octanol–water partition coefficient (Wildman–Crippen LogP) is -2.10. The first-order chi connectivity index (χ1) is 17.1. The fraction of sp³-hybridized carbons (Fsp3) is 0.389. The van der Waals surface area contributed by atoms with Crippen LogP contribution in [0.5, 0.6) is 0 Å². The van der Waals surface area contributed by atoms with E-state index in [1.807, 2.05) is 0 Å². The van der Waals surface area contributed by atoms with Crippen molar-refractivity contribution in [2.45, 2.75) is 16.6 Å². The molecule has 10 N–H and O–H groups in total. The Morgan fingerprint density at radius 1 is 1.42 bits per heavy atom. The lowest BCUT2D eigenvalue weighted by molar-refractivity contribution is -0.681. The molecule has 2 aliphatic rings. The van der Waals surface area contributed by atoms with Gasteiger partial charge in [0.15, 0.2) is 10.8 Å². The fourth-order valence-electron chi connectivity index (χ4n) is 3.61. The molecule has 36 heavy (non-hydrogen) atoms. The number of rotatable bonds is 8. The summed E-state index contributed by atoms with van der Waals surface area (Å²) in [6.45, 7) is -0.0468. The maximum Gasteiger partial charge on any atom is 0.384 e. The van der Waals surface area contributed by atoms with E-state index in [4.69, 9.17) is 27.9 Å². The number of nitrogens with zero attached hydrogens (tertiary/aromatic N) is 5. The van der Waals surface area contributed by atoms with Gasteiger partial charge in [-0.25, -0.2) is 4.98 Å². The Balaban J connectivity index is 1.44. The number of oxime groups is 1. The lowest BCUT2D eigenvalue weighted by Crippen LogP contribution is -2.74. The second kappa shape index (κ2) is 9.86. The molecule has 2 aliphatic heterocycles. The molecule has 4 heterocycles. The van der Waals surface area contributed by atoms with Crippen LogP contribution < -0.4 is 33.0 Å². The van der Waals surface area contributed by atoms with Gasteiger partial charge in [0.2, 0.25) is 5.91 Å². The zero-order valence-electron chi connectivity index (χ0n) is 18.8. The van der Waals surface area contributed by atoms with Gasteiger partial charge in [0.05, 0.1) is 0 Å². The van der Waals surface area contributed by atoms with Gasteiger partial charge in [-0.05, 0) is 16.7 Å². The molecule has 2 aromatic heterocycles. The Bertz CT molecular complexity index is 1260. The van der Waals surface area contributed by atoms with E-state index >= 15 is 0 Å². The Kier molecular flexibility index (Phi) is 7.01. The smallest absolute Gasteiger partial charge is 0.384 e. The van der Waals surface area contributed by atoms with Gasteiger partial charge in [0.1, 0.15) is 41.5 Å². The van der Waals surface area contributed by atoms with Gasteiger partial charge in [0, 0.05) is 23.4 Å². The van der Waals surface area contributed by atoms with E-state index in [-0.39, 0.29) is 51.2 Å². The van der Waals surface area contributed by atoms with E-state index in [1.165, 1.54) is 34.6 Å². The molecule has 15 nitrogen and oxygen atoms in total. The number of nitrogens with two attached hydrogens (primary N) is 4. The second-order valence-corrected chi connectivity index (χ2v) is 10.9. The molecule has 2 fully saturated rings. The molecular formula is C18H23N10O5S3+. The van der Waals surface area contributed by atoms with Crippen LogP contribution >= 0.6 is 34.9 Å². The summed E-state index contributed by atoms with van der Waals surface area (Å²) in [7, 11) is 1.28. The van der Waals surface area contributed by atoms with Crippen LogP contribution in [0, 0.1) is 5.41 Å². The van der Waals surface area contributed by atoms with E-state index < -0.39 is 34.6 Å². The summed E-state index contributed by atoms with van der Waals surface area (Å²) in [5.41, 5.74) is 16.1. The number of hydrogen-bond donors (Lipinski definition) is 6. The van der Waals surface area contributed by atoms with Crippen molar-refractivity contribution < 1.29 is 29.0 Å². The summed E-state index contributed by atoms with van der Waals surface area (Å²) in [6, 6.07) is -0.857. The van der Waals surface area contributed by atoms with Gasteiger partial charge in [-0.3, -0.25) is 20.2 Å². The van der Waals surface area contributed by atoms with Gasteiger partial charge in [-0.15, -0.1) is 27.8 Å². The number of aliphatic carboxylic acids is 1. The van der Waals surface area contributed by atoms with Crippen LogP contribution in [0.25, 0.3) is 0 Å². The normalized spacial score (nSPS) is 23.5. The number of nitrogen functional groups attached to an aromatic ring is 4. The Morgan fingerprint density at radius 2 is 2.17 bits per heavy atom. The predicted molar refractivity (Wildman–Crippen MR) is 134 cm³/mol. The quantitative estimate of drug-likeness (QED) is 0.0389. The number of carboxylic acids is 1. The summed E-state index contributed by atoms with van der Waals surface area (Å²) in [4.78, 5) is 52.3. The first-order valence-electron chi connectivity index (χ1n) is 10.2. The lowest BCUT2D eigenvalue weighted by Gasteiger charge is -2.53. The monoisotopic (exact) mass is 555 g/mol. The molecule has 4 rings (SSSR count). The SMILES string of the molecule is CON=C(C(=O)NC1C(=O)N2CC(CSc3nc(N)c(N)c[n+]3N)(C(=O)O)CS[C@H]12)c1csc(N)n1. The molecule has 0 spiro atoms. The molecule has 0 saturated carbocycles. The summed E-state index contributed by atoms with van der Waals surface area (Å²) in [6.07, 6.45) is 1.39. The number of amides is 2. The lowest BCUT2D eigenvalue weighted by atomic mass is 9.89. The number of thiazole rings is 1. The average molecular weight is 556 g/mol. The minimum atomic E-state index is -1.28. The molecule has 3 atom stereocenters. The molecule has 0 radical (unpaired) electrons. The van der Waals surface area contributed by atoms with Gasteiger partial charge in [0.25, 0.3) is 11.7 Å². The minimum Gasteiger partial charge on any atom is -0.481 e. The van der Waals surface area contributed by atoms with Crippen LogP contribution in [-0.2, 0) is 19.2 Å². The molecule has 192 valence electrons. The van der Waals surface area contributed by atoms with Crippen LogP contribution in [0.15, 0.2) is 21.9 Å². The van der Waals surface area contributed by atoms with Crippen LogP contribution in [0.4, 0.5) is 16.6 Å². The topological polar surface area (TPSA) is 242 Å². The number of β-lactam (4-membered cyclic amide) rings is 1. The third-order valence-electron chi connectivity index (χ3n) is 5.54. The molecule has 0 aromatic carbocycles. The van der Waals surface area contributed by atoms with Gasteiger partial charge < -0.3 is 37.4 Å². The van der Waals surface area contributed by atoms with Crippen molar-refractivity contribution in [3.05, 3.63) is 17.3 Å². The molecule has 18 heteroatoms. The van der Waals surface area contributed by atoms with E-state index in [1.54, 1.807) is 5.38 Å². The molecular weight excluding hydrogens is 532 g/mol. The highest BCUT2D eigenvalue weighted by molar-refractivity contribution is 8.00. The van der Waals surface area contributed by atoms with E-state index in [2.05, 4.69) is 20.4 Å². The zero-order chi connectivity index (χ0) is 26.2. The zero-order valence-corrected chi connectivity index (χ0v) is 21.2. The molecule has 2 aromatic rings. The minimum absolute atomic E-state index is 0.0468. The number of anilines is 3. The Labute approximate surface area is 216 Å². The van der Waals surface area contributed by atoms with Gasteiger partial charge in [-0.2, -0.15) is 0 Å². The largest absolute Gasteiger partial charge is 0.481 e. The third-order valence-corrected chi connectivity index (χ3v) is 9.05. The molecule has 2 amide bonds. The van der Waals surface area contributed by atoms with E-state index in [0.29, 0.717) is 0 Å². The van der Waals surface area contributed by atoms with Crippen molar-refractivity contribution in [2.24, 2.45) is 10.6 Å². The average Bonchev–Trinajstić information content (AvgIpc) is 3.27. The maximum atomic E-state index is 12.9.